The van der Waals surface area contributed by atoms with Crippen molar-refractivity contribution < 1.29 is 22.7 Å². The Balaban J connectivity index is 1.62. The lowest BCUT2D eigenvalue weighted by Crippen LogP contribution is -2.40. The third-order valence-corrected chi connectivity index (χ3v) is 5.97. The number of carbonyl (C=O) groups excluding carboxylic acids is 1. The Kier molecular flexibility index (Phi) is 6.52. The standard InChI is InChI=1S/C25H21ClF3N3O2/c1-2-24(18-6-4-3-5-7-18)16-32(31-22(24)17-8-10-19(26)11-9-17)23(33)30-20-12-14-21(15-13-20)34-25(27,28)29/h3-15H,2,16H2,1H3,(H,30,33). The minimum atomic E-state index is -4.78. The second-order valence-electron chi connectivity index (χ2n) is 7.82. The first kappa shape index (κ1) is 23.6. The van der Waals surface area contributed by atoms with E-state index in [4.69, 9.17) is 11.6 Å². The first-order valence-electron chi connectivity index (χ1n) is 10.5. The first-order chi connectivity index (χ1) is 16.2. The molecule has 2 amide bonds. The van der Waals surface area contributed by atoms with E-state index in [1.807, 2.05) is 49.4 Å². The molecule has 0 spiro atoms. The Morgan fingerprint density at radius 2 is 1.71 bits per heavy atom. The highest BCUT2D eigenvalue weighted by Crippen LogP contribution is 2.38. The maximum absolute atomic E-state index is 13.1. The molecule has 34 heavy (non-hydrogen) atoms. The van der Waals surface area contributed by atoms with Gasteiger partial charge in [-0.15, -0.1) is 13.2 Å². The van der Waals surface area contributed by atoms with E-state index in [0.717, 1.165) is 29.0 Å². The molecule has 3 aromatic rings. The van der Waals surface area contributed by atoms with Crippen LogP contribution >= 0.6 is 11.6 Å². The van der Waals surface area contributed by atoms with Gasteiger partial charge in [-0.1, -0.05) is 61.0 Å². The van der Waals surface area contributed by atoms with Gasteiger partial charge in [0.05, 0.1) is 17.7 Å². The highest BCUT2D eigenvalue weighted by Gasteiger charge is 2.45. The average Bonchev–Trinajstić information content (AvgIpc) is 3.22. The number of amides is 2. The summed E-state index contributed by atoms with van der Waals surface area (Å²) in [5.74, 6) is -0.371. The second-order valence-corrected chi connectivity index (χ2v) is 8.25. The molecule has 0 aromatic heterocycles. The highest BCUT2D eigenvalue weighted by atomic mass is 35.5. The molecule has 1 atom stereocenters. The maximum atomic E-state index is 13.1. The summed E-state index contributed by atoms with van der Waals surface area (Å²) in [6.07, 6.45) is -4.10. The molecule has 1 aliphatic rings. The number of hydrogen-bond acceptors (Lipinski definition) is 3. The predicted octanol–water partition coefficient (Wildman–Crippen LogP) is 6.84. The van der Waals surface area contributed by atoms with Crippen molar-refractivity contribution in [3.63, 3.8) is 0 Å². The van der Waals surface area contributed by atoms with E-state index in [0.29, 0.717) is 23.7 Å². The smallest absolute Gasteiger partial charge is 0.406 e. The molecule has 0 saturated heterocycles. The Morgan fingerprint density at radius 3 is 2.29 bits per heavy atom. The van der Waals surface area contributed by atoms with E-state index in [-0.39, 0.29) is 5.75 Å². The van der Waals surface area contributed by atoms with Crippen LogP contribution in [0.15, 0.2) is 84.0 Å². The van der Waals surface area contributed by atoms with Crippen molar-refractivity contribution in [2.24, 2.45) is 5.10 Å². The van der Waals surface area contributed by atoms with E-state index in [1.54, 1.807) is 12.1 Å². The molecule has 1 aliphatic heterocycles. The lowest BCUT2D eigenvalue weighted by Gasteiger charge is -2.30. The van der Waals surface area contributed by atoms with Crippen molar-refractivity contribution in [1.82, 2.24) is 5.01 Å². The van der Waals surface area contributed by atoms with Gasteiger partial charge in [-0.05, 0) is 53.9 Å². The number of urea groups is 1. The second kappa shape index (κ2) is 9.38. The van der Waals surface area contributed by atoms with Crippen LogP contribution in [0.1, 0.15) is 24.5 Å². The number of nitrogens with zero attached hydrogens (tertiary/aromatic N) is 2. The van der Waals surface area contributed by atoms with Crippen LogP contribution in [0.2, 0.25) is 5.02 Å². The Labute approximate surface area is 199 Å². The number of ether oxygens (including phenoxy) is 1. The molecule has 4 rings (SSSR count). The molecular formula is C25H21ClF3N3O2. The summed E-state index contributed by atoms with van der Waals surface area (Å²) < 4.78 is 41.0. The summed E-state index contributed by atoms with van der Waals surface area (Å²) in [7, 11) is 0. The van der Waals surface area contributed by atoms with Crippen LogP contribution in [0.5, 0.6) is 5.75 Å². The third kappa shape index (κ3) is 5.02. The fourth-order valence-corrected chi connectivity index (χ4v) is 4.16. The summed E-state index contributed by atoms with van der Waals surface area (Å²) in [6.45, 7) is 2.34. The first-order valence-corrected chi connectivity index (χ1v) is 10.9. The van der Waals surface area contributed by atoms with Crippen molar-refractivity contribution in [3.8, 4) is 5.75 Å². The molecule has 1 unspecified atom stereocenters. The lowest BCUT2D eigenvalue weighted by atomic mass is 9.72. The molecule has 0 saturated carbocycles. The molecule has 0 fully saturated rings. The summed E-state index contributed by atoms with van der Waals surface area (Å²) in [5, 5.41) is 9.30. The van der Waals surface area contributed by atoms with Gasteiger partial charge in [-0.3, -0.25) is 0 Å². The topological polar surface area (TPSA) is 53.9 Å². The average molecular weight is 488 g/mol. The molecule has 1 heterocycles. The highest BCUT2D eigenvalue weighted by molar-refractivity contribution is 6.30. The lowest BCUT2D eigenvalue weighted by molar-refractivity contribution is -0.274. The number of hydrazone groups is 1. The molecular weight excluding hydrogens is 467 g/mol. The SMILES string of the molecule is CCC1(c2ccccc2)CN(C(=O)Nc2ccc(OC(F)(F)F)cc2)N=C1c1ccc(Cl)cc1. The summed E-state index contributed by atoms with van der Waals surface area (Å²) in [4.78, 5) is 13.1. The van der Waals surface area contributed by atoms with Gasteiger partial charge in [-0.25, -0.2) is 9.80 Å². The summed E-state index contributed by atoms with van der Waals surface area (Å²) in [5.41, 5.74) is 2.38. The summed E-state index contributed by atoms with van der Waals surface area (Å²) >= 11 is 6.07. The van der Waals surface area contributed by atoms with E-state index in [9.17, 15) is 18.0 Å². The van der Waals surface area contributed by atoms with Gasteiger partial charge in [-0.2, -0.15) is 5.10 Å². The normalized spacial score (nSPS) is 17.9. The molecule has 176 valence electrons. The summed E-state index contributed by atoms with van der Waals surface area (Å²) in [6, 6.07) is 21.6. The van der Waals surface area contributed by atoms with Crippen LogP contribution in [0.4, 0.5) is 23.7 Å². The zero-order valence-electron chi connectivity index (χ0n) is 18.1. The quantitative estimate of drug-likeness (QED) is 0.428. The van der Waals surface area contributed by atoms with Crippen LogP contribution in [0.25, 0.3) is 0 Å². The number of hydrogen-bond donors (Lipinski definition) is 1. The molecule has 9 heteroatoms. The van der Waals surface area contributed by atoms with Crippen molar-refractivity contribution >= 4 is 29.0 Å². The van der Waals surface area contributed by atoms with Crippen LogP contribution in [0, 0.1) is 0 Å². The van der Waals surface area contributed by atoms with Gasteiger partial charge in [0.15, 0.2) is 0 Å². The zero-order valence-corrected chi connectivity index (χ0v) is 18.9. The van der Waals surface area contributed by atoms with Gasteiger partial charge in [0.2, 0.25) is 0 Å². The largest absolute Gasteiger partial charge is 0.573 e. The van der Waals surface area contributed by atoms with E-state index >= 15 is 0 Å². The van der Waals surface area contributed by atoms with Crippen LogP contribution in [-0.2, 0) is 5.41 Å². The molecule has 1 N–H and O–H groups in total. The van der Waals surface area contributed by atoms with Crippen molar-refractivity contribution in [2.75, 3.05) is 11.9 Å². The van der Waals surface area contributed by atoms with E-state index in [2.05, 4.69) is 15.2 Å². The monoisotopic (exact) mass is 487 g/mol. The van der Waals surface area contributed by atoms with Gasteiger partial charge in [0.1, 0.15) is 5.75 Å². The molecule has 3 aromatic carbocycles. The Bertz CT molecular complexity index is 1180. The van der Waals surface area contributed by atoms with Crippen molar-refractivity contribution in [2.45, 2.75) is 25.1 Å². The van der Waals surface area contributed by atoms with Gasteiger partial charge >= 0.3 is 12.4 Å². The fourth-order valence-electron chi connectivity index (χ4n) is 4.04. The number of benzene rings is 3. The molecule has 0 bridgehead atoms. The zero-order chi connectivity index (χ0) is 24.3. The number of rotatable bonds is 5. The number of anilines is 1. The van der Waals surface area contributed by atoms with Crippen LogP contribution in [-0.4, -0.2) is 29.7 Å². The van der Waals surface area contributed by atoms with Crippen LogP contribution < -0.4 is 10.1 Å². The number of nitrogens with one attached hydrogen (secondary N) is 1. The van der Waals surface area contributed by atoms with Crippen molar-refractivity contribution in [1.29, 1.82) is 0 Å². The number of halogens is 4. The maximum Gasteiger partial charge on any atom is 0.573 e. The number of carbonyl (C=O) groups is 1. The van der Waals surface area contributed by atoms with Crippen LogP contribution in [0.3, 0.4) is 0 Å². The van der Waals surface area contributed by atoms with Gasteiger partial charge < -0.3 is 10.1 Å². The van der Waals surface area contributed by atoms with E-state index in [1.165, 1.54) is 17.1 Å². The molecule has 0 radical (unpaired) electrons. The Morgan fingerprint density at radius 1 is 1.06 bits per heavy atom. The van der Waals surface area contributed by atoms with Gasteiger partial charge in [0, 0.05) is 10.7 Å². The third-order valence-electron chi connectivity index (χ3n) is 5.71. The predicted molar refractivity (Wildman–Crippen MR) is 125 cm³/mol. The Hall–Kier alpha value is -3.52. The van der Waals surface area contributed by atoms with E-state index < -0.39 is 17.8 Å². The minimum absolute atomic E-state index is 0.298. The fraction of sp³-hybridized carbons (Fsp3) is 0.200. The van der Waals surface area contributed by atoms with Crippen molar-refractivity contribution in [3.05, 3.63) is 95.0 Å². The molecule has 0 aliphatic carbocycles. The number of alkyl halides is 3. The molecule has 5 nitrogen and oxygen atoms in total. The van der Waals surface area contributed by atoms with Gasteiger partial charge in [0.25, 0.3) is 0 Å². The minimum Gasteiger partial charge on any atom is -0.406 e.